The van der Waals surface area contributed by atoms with Crippen molar-refractivity contribution in [1.82, 2.24) is 10.2 Å². The summed E-state index contributed by atoms with van der Waals surface area (Å²) < 4.78 is 5.75. The van der Waals surface area contributed by atoms with Crippen molar-refractivity contribution >= 4 is 35.6 Å². The quantitative estimate of drug-likeness (QED) is 0.240. The topological polar surface area (TPSA) is 60.3 Å². The number of ether oxygens (including phenoxy) is 1. The van der Waals surface area contributed by atoms with E-state index in [0.29, 0.717) is 5.75 Å². The molecule has 0 unspecified atom stereocenters. The largest absolute Gasteiger partial charge is 0.506 e. The number of phenolic OH excluding ortho intramolecular Hbond substituents is 1. The van der Waals surface area contributed by atoms with Gasteiger partial charge in [-0.15, -0.1) is 24.0 Å². The molecule has 2 aromatic carbocycles. The molecule has 3 rings (SSSR count). The Labute approximate surface area is 197 Å². The van der Waals surface area contributed by atoms with Crippen LogP contribution in [0.5, 0.6) is 5.75 Å². The molecule has 1 heterocycles. The first-order chi connectivity index (χ1) is 14.3. The molecule has 0 bridgehead atoms. The summed E-state index contributed by atoms with van der Waals surface area (Å²) in [6.07, 6.45) is 1.91. The zero-order valence-electron chi connectivity index (χ0n) is 17.7. The van der Waals surface area contributed by atoms with Gasteiger partial charge < -0.3 is 25.0 Å². The summed E-state index contributed by atoms with van der Waals surface area (Å²) in [5.41, 5.74) is 2.22. The number of nitrogens with zero attached hydrogens (tertiary/aromatic N) is 3. The lowest BCUT2D eigenvalue weighted by Crippen LogP contribution is -2.52. The molecule has 0 radical (unpaired) electrons. The molecule has 164 valence electrons. The van der Waals surface area contributed by atoms with Crippen LogP contribution >= 0.6 is 24.0 Å². The first kappa shape index (κ1) is 24.3. The molecule has 6 nitrogen and oxygen atoms in total. The smallest absolute Gasteiger partial charge is 0.193 e. The fourth-order valence-electron chi connectivity index (χ4n) is 3.53. The lowest BCUT2D eigenvalue weighted by atomic mass is 10.2. The van der Waals surface area contributed by atoms with Crippen molar-refractivity contribution in [3.8, 4) is 5.75 Å². The van der Waals surface area contributed by atoms with Gasteiger partial charge in [0.05, 0.1) is 12.3 Å². The second-order valence-electron chi connectivity index (χ2n) is 7.14. The second kappa shape index (κ2) is 13.3. The standard InChI is InChI=1S/C23H32N4O2.HI/c1-24-23(25-13-7-18-29-19-12-20-8-3-2-4-9-20)27-16-14-26(15-17-27)21-10-5-6-11-22(21)28;/h2-6,8-11,28H,7,12-19H2,1H3,(H,24,25);1H. The predicted octanol–water partition coefficient (Wildman–Crippen LogP) is 3.36. The molecular formula is C23H33IN4O2. The van der Waals surface area contributed by atoms with Crippen LogP contribution in [0, 0.1) is 0 Å². The van der Waals surface area contributed by atoms with Crippen molar-refractivity contribution in [3.05, 3.63) is 60.2 Å². The third-order valence-corrected chi connectivity index (χ3v) is 5.14. The highest BCUT2D eigenvalue weighted by atomic mass is 127. The average molecular weight is 524 g/mol. The number of aromatic hydroxyl groups is 1. The van der Waals surface area contributed by atoms with Crippen LogP contribution in [0.25, 0.3) is 0 Å². The van der Waals surface area contributed by atoms with Crippen LogP contribution in [0.1, 0.15) is 12.0 Å². The summed E-state index contributed by atoms with van der Waals surface area (Å²) in [6, 6.07) is 18.0. The van der Waals surface area contributed by atoms with Crippen LogP contribution in [0.15, 0.2) is 59.6 Å². The van der Waals surface area contributed by atoms with Crippen LogP contribution in [0.3, 0.4) is 0 Å². The minimum absolute atomic E-state index is 0. The minimum Gasteiger partial charge on any atom is -0.506 e. The normalized spacial score (nSPS) is 14.4. The Kier molecular flexibility index (Phi) is 10.8. The number of benzene rings is 2. The fourth-order valence-corrected chi connectivity index (χ4v) is 3.53. The fraction of sp³-hybridized carbons (Fsp3) is 0.435. The van der Waals surface area contributed by atoms with E-state index in [4.69, 9.17) is 4.74 Å². The van der Waals surface area contributed by atoms with Crippen LogP contribution in [-0.2, 0) is 11.2 Å². The van der Waals surface area contributed by atoms with E-state index in [2.05, 4.69) is 44.4 Å². The van der Waals surface area contributed by atoms with E-state index in [0.717, 1.165) is 70.4 Å². The molecule has 2 N–H and O–H groups in total. The first-order valence-corrected chi connectivity index (χ1v) is 10.4. The highest BCUT2D eigenvalue weighted by molar-refractivity contribution is 14.0. The summed E-state index contributed by atoms with van der Waals surface area (Å²) in [5.74, 6) is 1.28. The van der Waals surface area contributed by atoms with Crippen LogP contribution in [0.2, 0.25) is 0 Å². The highest BCUT2D eigenvalue weighted by Crippen LogP contribution is 2.27. The maximum absolute atomic E-state index is 10.1. The number of piperazine rings is 1. The number of halogens is 1. The van der Waals surface area contributed by atoms with Gasteiger partial charge in [-0.05, 0) is 30.5 Å². The summed E-state index contributed by atoms with van der Waals surface area (Å²) in [7, 11) is 1.83. The van der Waals surface area contributed by atoms with E-state index in [1.54, 1.807) is 6.07 Å². The van der Waals surface area contributed by atoms with Crippen molar-refractivity contribution in [2.45, 2.75) is 12.8 Å². The Bertz CT molecular complexity index is 765. The predicted molar refractivity (Wildman–Crippen MR) is 134 cm³/mol. The third kappa shape index (κ3) is 7.36. The molecule has 0 saturated carbocycles. The monoisotopic (exact) mass is 524 g/mol. The van der Waals surface area contributed by atoms with Gasteiger partial charge in [-0.25, -0.2) is 0 Å². The lowest BCUT2D eigenvalue weighted by Gasteiger charge is -2.37. The molecule has 2 aromatic rings. The molecule has 1 saturated heterocycles. The zero-order chi connectivity index (χ0) is 20.3. The maximum Gasteiger partial charge on any atom is 0.193 e. The molecule has 30 heavy (non-hydrogen) atoms. The van der Waals surface area contributed by atoms with E-state index in [9.17, 15) is 5.11 Å². The SMILES string of the molecule is CN=C(NCCCOCCc1ccccc1)N1CCN(c2ccccc2O)CC1.I. The van der Waals surface area contributed by atoms with Crippen LogP contribution in [-0.4, -0.2) is 69.0 Å². The first-order valence-electron chi connectivity index (χ1n) is 10.4. The molecule has 1 fully saturated rings. The zero-order valence-corrected chi connectivity index (χ0v) is 20.0. The van der Waals surface area contributed by atoms with E-state index in [-0.39, 0.29) is 24.0 Å². The number of anilines is 1. The molecule has 0 spiro atoms. The minimum atomic E-state index is 0. The highest BCUT2D eigenvalue weighted by Gasteiger charge is 2.21. The van der Waals surface area contributed by atoms with Gasteiger partial charge in [-0.2, -0.15) is 0 Å². The van der Waals surface area contributed by atoms with Crippen molar-refractivity contribution in [1.29, 1.82) is 0 Å². The Morgan fingerprint density at radius 2 is 1.70 bits per heavy atom. The van der Waals surface area contributed by atoms with Crippen molar-refractivity contribution < 1.29 is 9.84 Å². The summed E-state index contributed by atoms with van der Waals surface area (Å²) in [4.78, 5) is 8.92. The van der Waals surface area contributed by atoms with Gasteiger partial charge in [0.25, 0.3) is 0 Å². The summed E-state index contributed by atoms with van der Waals surface area (Å²) >= 11 is 0. The molecule has 0 aromatic heterocycles. The lowest BCUT2D eigenvalue weighted by molar-refractivity contribution is 0.135. The van der Waals surface area contributed by atoms with Crippen molar-refractivity contribution in [2.75, 3.05) is 57.9 Å². The Morgan fingerprint density at radius 3 is 2.40 bits per heavy atom. The van der Waals surface area contributed by atoms with Gasteiger partial charge in [0.2, 0.25) is 0 Å². The average Bonchev–Trinajstić information content (AvgIpc) is 2.77. The molecular weight excluding hydrogens is 491 g/mol. The van der Waals surface area contributed by atoms with Crippen LogP contribution in [0.4, 0.5) is 5.69 Å². The Hall–Kier alpha value is -2.00. The Morgan fingerprint density at radius 1 is 1.00 bits per heavy atom. The molecule has 0 amide bonds. The van der Waals surface area contributed by atoms with Crippen molar-refractivity contribution in [2.24, 2.45) is 4.99 Å². The number of nitrogens with one attached hydrogen (secondary N) is 1. The van der Waals surface area contributed by atoms with Crippen LogP contribution < -0.4 is 10.2 Å². The van der Waals surface area contributed by atoms with Gasteiger partial charge in [-0.1, -0.05) is 42.5 Å². The van der Waals surface area contributed by atoms with E-state index >= 15 is 0 Å². The summed E-state index contributed by atoms with van der Waals surface area (Å²) in [5, 5.41) is 13.5. The number of para-hydroxylation sites is 2. The van der Waals surface area contributed by atoms with Gasteiger partial charge >= 0.3 is 0 Å². The van der Waals surface area contributed by atoms with E-state index in [1.807, 2.05) is 31.3 Å². The van der Waals surface area contributed by atoms with Gasteiger partial charge in [0.1, 0.15) is 5.75 Å². The number of rotatable bonds is 8. The number of hydrogen-bond donors (Lipinski definition) is 2. The summed E-state index contributed by atoms with van der Waals surface area (Å²) in [6.45, 7) is 5.83. The molecule has 0 atom stereocenters. The van der Waals surface area contributed by atoms with E-state index in [1.165, 1.54) is 5.56 Å². The number of guanidine groups is 1. The molecule has 7 heteroatoms. The molecule has 1 aliphatic rings. The number of aliphatic imine (C=N–C) groups is 1. The van der Waals surface area contributed by atoms with E-state index < -0.39 is 0 Å². The van der Waals surface area contributed by atoms with Gasteiger partial charge in [-0.3, -0.25) is 4.99 Å². The number of phenols is 1. The van der Waals surface area contributed by atoms with Gasteiger partial charge in [0, 0.05) is 46.4 Å². The third-order valence-electron chi connectivity index (χ3n) is 5.14. The van der Waals surface area contributed by atoms with Crippen molar-refractivity contribution in [3.63, 3.8) is 0 Å². The molecule has 1 aliphatic heterocycles. The van der Waals surface area contributed by atoms with Gasteiger partial charge in [0.15, 0.2) is 5.96 Å². The number of hydrogen-bond acceptors (Lipinski definition) is 4. The molecule has 0 aliphatic carbocycles. The Balaban J connectivity index is 0.00000320. The second-order valence-corrected chi connectivity index (χ2v) is 7.14. The maximum atomic E-state index is 10.1.